The molecule has 0 amide bonds. The molecule has 0 bridgehead atoms. The third-order valence-electron chi connectivity index (χ3n) is 4.73. The fourth-order valence-electron chi connectivity index (χ4n) is 3.60. The minimum absolute atomic E-state index is 0.290. The van der Waals surface area contributed by atoms with Gasteiger partial charge in [0.25, 0.3) is 10.0 Å². The Bertz CT molecular complexity index is 904. The number of rotatable bonds is 4. The highest BCUT2D eigenvalue weighted by Gasteiger charge is 2.36. The third kappa shape index (κ3) is 2.56. The SMILES string of the molecule is CCN(c1cccc(C)c1)S(=O)(=O)c1c2c(cc3c1OCC3)OCC2. The predicted molar refractivity (Wildman–Crippen MR) is 96.2 cm³/mol. The van der Waals surface area contributed by atoms with Crippen LogP contribution in [0, 0.1) is 6.92 Å². The van der Waals surface area contributed by atoms with E-state index < -0.39 is 10.0 Å². The fraction of sp³-hybridized carbons (Fsp3) is 0.368. The summed E-state index contributed by atoms with van der Waals surface area (Å²) in [4.78, 5) is 0.290. The molecule has 0 spiro atoms. The van der Waals surface area contributed by atoms with Crippen LogP contribution in [0.2, 0.25) is 0 Å². The summed E-state index contributed by atoms with van der Waals surface area (Å²) in [5.41, 5.74) is 3.35. The maximum absolute atomic E-state index is 13.6. The van der Waals surface area contributed by atoms with Crippen LogP contribution in [0.1, 0.15) is 23.6 Å². The molecule has 6 heteroatoms. The topological polar surface area (TPSA) is 55.8 Å². The molecule has 0 aliphatic carbocycles. The van der Waals surface area contributed by atoms with Crippen LogP contribution < -0.4 is 13.8 Å². The summed E-state index contributed by atoms with van der Waals surface area (Å²) < 4.78 is 40.0. The minimum atomic E-state index is -3.74. The van der Waals surface area contributed by atoms with Crippen molar-refractivity contribution < 1.29 is 17.9 Å². The van der Waals surface area contributed by atoms with Gasteiger partial charge < -0.3 is 9.47 Å². The molecule has 0 saturated heterocycles. The molecule has 0 fully saturated rings. The molecule has 5 nitrogen and oxygen atoms in total. The summed E-state index contributed by atoms with van der Waals surface area (Å²) in [7, 11) is -3.74. The second-order valence-corrected chi connectivity index (χ2v) is 8.18. The summed E-state index contributed by atoms with van der Waals surface area (Å²) in [6, 6.07) is 9.49. The zero-order valence-electron chi connectivity index (χ0n) is 14.4. The Morgan fingerprint density at radius 3 is 2.68 bits per heavy atom. The molecule has 0 atom stereocenters. The first-order valence-corrected chi connectivity index (χ1v) is 10.00. The van der Waals surface area contributed by atoms with Crippen LogP contribution in [0.4, 0.5) is 5.69 Å². The van der Waals surface area contributed by atoms with Crippen molar-refractivity contribution in [2.24, 2.45) is 0 Å². The van der Waals surface area contributed by atoms with Crippen molar-refractivity contribution in [3.8, 4) is 11.5 Å². The van der Waals surface area contributed by atoms with Crippen molar-refractivity contribution in [1.29, 1.82) is 0 Å². The molecule has 0 aromatic heterocycles. The lowest BCUT2D eigenvalue weighted by molar-refractivity contribution is 0.348. The molecular weight excluding hydrogens is 338 g/mol. The van der Waals surface area contributed by atoms with Gasteiger partial charge >= 0.3 is 0 Å². The van der Waals surface area contributed by atoms with Gasteiger partial charge in [-0.15, -0.1) is 0 Å². The summed E-state index contributed by atoms with van der Waals surface area (Å²) in [6.45, 7) is 5.18. The van der Waals surface area contributed by atoms with Crippen molar-refractivity contribution in [3.63, 3.8) is 0 Å². The zero-order valence-corrected chi connectivity index (χ0v) is 15.2. The maximum atomic E-state index is 13.6. The molecule has 2 aliphatic heterocycles. The van der Waals surface area contributed by atoms with E-state index in [-0.39, 0.29) is 0 Å². The lowest BCUT2D eigenvalue weighted by Gasteiger charge is -2.25. The molecule has 0 saturated carbocycles. The average Bonchev–Trinajstić information content (AvgIpc) is 3.20. The summed E-state index contributed by atoms with van der Waals surface area (Å²) in [6.07, 6.45) is 1.30. The highest BCUT2D eigenvalue weighted by molar-refractivity contribution is 7.93. The number of hydrogen-bond donors (Lipinski definition) is 0. The molecule has 4 rings (SSSR count). The Balaban J connectivity index is 1.91. The molecule has 2 heterocycles. The maximum Gasteiger partial charge on any atom is 0.268 e. The van der Waals surface area contributed by atoms with Crippen molar-refractivity contribution >= 4 is 15.7 Å². The number of aryl methyl sites for hydroxylation is 1. The number of anilines is 1. The van der Waals surface area contributed by atoms with Gasteiger partial charge in [-0.2, -0.15) is 0 Å². The Morgan fingerprint density at radius 1 is 1.12 bits per heavy atom. The number of fused-ring (bicyclic) bond motifs is 2. The van der Waals surface area contributed by atoms with E-state index in [2.05, 4.69) is 0 Å². The van der Waals surface area contributed by atoms with E-state index in [9.17, 15) is 8.42 Å². The number of sulfonamides is 1. The summed E-state index contributed by atoms with van der Waals surface area (Å²) in [5, 5.41) is 0. The minimum Gasteiger partial charge on any atom is -0.493 e. The van der Waals surface area contributed by atoms with Crippen molar-refractivity contribution in [2.45, 2.75) is 31.6 Å². The van der Waals surface area contributed by atoms with E-state index in [4.69, 9.17) is 9.47 Å². The monoisotopic (exact) mass is 359 g/mol. The molecule has 0 N–H and O–H groups in total. The zero-order chi connectivity index (χ0) is 17.6. The van der Waals surface area contributed by atoms with Gasteiger partial charge in [-0.25, -0.2) is 8.42 Å². The Labute approximate surface area is 148 Å². The van der Waals surface area contributed by atoms with Crippen molar-refractivity contribution in [1.82, 2.24) is 0 Å². The van der Waals surface area contributed by atoms with Crippen LogP contribution >= 0.6 is 0 Å². The van der Waals surface area contributed by atoms with Gasteiger partial charge in [0.1, 0.15) is 16.4 Å². The highest BCUT2D eigenvalue weighted by atomic mass is 32.2. The first kappa shape index (κ1) is 16.3. The van der Waals surface area contributed by atoms with Crippen LogP contribution in [0.25, 0.3) is 0 Å². The molecule has 0 radical (unpaired) electrons. The highest BCUT2D eigenvalue weighted by Crippen LogP contribution is 2.44. The molecular formula is C19H21NO4S. The van der Waals surface area contributed by atoms with Gasteiger partial charge in [-0.3, -0.25) is 4.31 Å². The van der Waals surface area contributed by atoms with Gasteiger partial charge in [-0.1, -0.05) is 12.1 Å². The first-order chi connectivity index (χ1) is 12.0. The number of ether oxygens (including phenoxy) is 2. The smallest absolute Gasteiger partial charge is 0.268 e. The lowest BCUT2D eigenvalue weighted by Crippen LogP contribution is -2.31. The Hall–Kier alpha value is -2.21. The largest absolute Gasteiger partial charge is 0.493 e. The van der Waals surface area contributed by atoms with Crippen LogP contribution in [0.5, 0.6) is 11.5 Å². The average molecular weight is 359 g/mol. The van der Waals surface area contributed by atoms with Crippen molar-refractivity contribution in [2.75, 3.05) is 24.1 Å². The third-order valence-corrected chi connectivity index (χ3v) is 6.72. The van der Waals surface area contributed by atoms with Crippen LogP contribution in [-0.4, -0.2) is 28.2 Å². The van der Waals surface area contributed by atoms with E-state index in [1.807, 2.05) is 44.2 Å². The molecule has 132 valence electrons. The van der Waals surface area contributed by atoms with Crippen molar-refractivity contribution in [3.05, 3.63) is 47.0 Å². The second-order valence-electron chi connectivity index (χ2n) is 6.38. The second kappa shape index (κ2) is 5.95. The van der Waals surface area contributed by atoms with Gasteiger partial charge in [0, 0.05) is 30.5 Å². The standard InChI is InChI=1S/C19H21NO4S/c1-3-20(15-6-4-5-13(2)11-15)25(21,22)19-16-8-10-23-17(16)12-14-7-9-24-18(14)19/h4-6,11-12H,3,7-10H2,1-2H3. The number of benzene rings is 2. The summed E-state index contributed by atoms with van der Waals surface area (Å²) in [5.74, 6) is 1.19. The molecule has 25 heavy (non-hydrogen) atoms. The van der Waals surface area contributed by atoms with Crippen LogP contribution in [0.3, 0.4) is 0 Å². The Kier molecular flexibility index (Phi) is 3.87. The van der Waals surface area contributed by atoms with Gasteiger partial charge in [0.05, 0.1) is 18.9 Å². The van der Waals surface area contributed by atoms with E-state index >= 15 is 0 Å². The predicted octanol–water partition coefficient (Wildman–Crippen LogP) is 3.08. The van der Waals surface area contributed by atoms with E-state index in [1.165, 1.54) is 4.31 Å². The quantitative estimate of drug-likeness (QED) is 0.842. The van der Waals surface area contributed by atoms with E-state index in [0.717, 1.165) is 16.7 Å². The fourth-order valence-corrected chi connectivity index (χ4v) is 5.49. The first-order valence-electron chi connectivity index (χ1n) is 8.56. The van der Waals surface area contributed by atoms with Gasteiger partial charge in [0.2, 0.25) is 0 Å². The lowest BCUT2D eigenvalue weighted by atomic mass is 10.1. The van der Waals surface area contributed by atoms with Crippen LogP contribution in [0.15, 0.2) is 35.2 Å². The normalized spacial score (nSPS) is 15.3. The molecule has 0 unspecified atom stereocenters. The summed E-state index contributed by atoms with van der Waals surface area (Å²) >= 11 is 0. The van der Waals surface area contributed by atoms with Crippen LogP contribution in [-0.2, 0) is 22.9 Å². The van der Waals surface area contributed by atoms with E-state index in [1.54, 1.807) is 0 Å². The van der Waals surface area contributed by atoms with E-state index in [0.29, 0.717) is 54.7 Å². The Morgan fingerprint density at radius 2 is 1.92 bits per heavy atom. The molecule has 2 aliphatic rings. The number of nitrogens with zero attached hydrogens (tertiary/aromatic N) is 1. The molecule has 2 aromatic rings. The number of hydrogen-bond acceptors (Lipinski definition) is 4. The van der Waals surface area contributed by atoms with Gasteiger partial charge in [-0.05, 0) is 37.6 Å². The van der Waals surface area contributed by atoms with Gasteiger partial charge in [0.15, 0.2) is 0 Å². The molecule has 2 aromatic carbocycles.